The number of hydrogen-bond donors (Lipinski definition) is 0. The Kier molecular flexibility index (Phi) is 6.09. The molecule has 1 saturated heterocycles. The van der Waals surface area contributed by atoms with E-state index in [4.69, 9.17) is 9.97 Å². The summed E-state index contributed by atoms with van der Waals surface area (Å²) in [7, 11) is 0. The number of hydrogen-bond acceptors (Lipinski definition) is 5. The van der Waals surface area contributed by atoms with Crippen molar-refractivity contribution in [3.05, 3.63) is 51.9 Å². The van der Waals surface area contributed by atoms with Gasteiger partial charge in [-0.1, -0.05) is 13.3 Å². The first kappa shape index (κ1) is 21.3. The number of halogens is 1. The maximum absolute atomic E-state index is 13.2. The van der Waals surface area contributed by atoms with Gasteiger partial charge in [0.1, 0.15) is 22.3 Å². The van der Waals surface area contributed by atoms with Gasteiger partial charge in [0.15, 0.2) is 0 Å². The Hall–Kier alpha value is -2.54. The molecule has 0 spiro atoms. The molecule has 0 N–H and O–H groups in total. The van der Waals surface area contributed by atoms with Crippen molar-refractivity contribution >= 4 is 33.3 Å². The Balaban J connectivity index is 1.42. The molecule has 2 aliphatic rings. The van der Waals surface area contributed by atoms with E-state index < -0.39 is 0 Å². The van der Waals surface area contributed by atoms with E-state index in [1.54, 1.807) is 12.1 Å². The fraction of sp³-hybridized carbons (Fsp3) is 0.480. The second-order valence-corrected chi connectivity index (χ2v) is 9.83. The number of benzene rings is 1. The number of thiophene rings is 1. The highest BCUT2D eigenvalue weighted by molar-refractivity contribution is 7.19. The summed E-state index contributed by atoms with van der Waals surface area (Å²) in [5.74, 6) is 1.63. The van der Waals surface area contributed by atoms with Gasteiger partial charge in [0.2, 0.25) is 0 Å². The summed E-state index contributed by atoms with van der Waals surface area (Å²) in [6.45, 7) is 4.93. The lowest BCUT2D eigenvalue weighted by molar-refractivity contribution is 0.0746. The standard InChI is InChI=1S/C25H29FN4OS/c1-2-6-21-27-23(22-19-7-4-3-5-8-20(19)32-24(22)28-21)29-13-15-30(16-14-29)25(31)17-9-11-18(26)12-10-17/h9-12H,2-8,13-16H2,1H3. The molecule has 1 amide bonds. The van der Waals surface area contributed by atoms with Gasteiger partial charge >= 0.3 is 0 Å². The number of aryl methyl sites for hydroxylation is 3. The van der Waals surface area contributed by atoms with Crippen LogP contribution < -0.4 is 4.90 Å². The normalized spacial score (nSPS) is 16.8. The third kappa shape index (κ3) is 4.10. The smallest absolute Gasteiger partial charge is 0.253 e. The molecule has 1 aliphatic carbocycles. The molecule has 0 unspecified atom stereocenters. The summed E-state index contributed by atoms with van der Waals surface area (Å²) in [5, 5.41) is 1.25. The van der Waals surface area contributed by atoms with Crippen molar-refractivity contribution < 1.29 is 9.18 Å². The van der Waals surface area contributed by atoms with Gasteiger partial charge < -0.3 is 9.80 Å². The lowest BCUT2D eigenvalue weighted by atomic mass is 10.1. The van der Waals surface area contributed by atoms with Crippen LogP contribution >= 0.6 is 11.3 Å². The van der Waals surface area contributed by atoms with E-state index in [1.807, 2.05) is 16.2 Å². The SMILES string of the molecule is CCCc1nc(N2CCN(C(=O)c3ccc(F)cc3)CC2)c2c3c(sc2n1)CCCCC3. The van der Waals surface area contributed by atoms with Crippen LogP contribution in [0.3, 0.4) is 0 Å². The molecular weight excluding hydrogens is 423 g/mol. The third-order valence-corrected chi connectivity index (χ3v) is 7.71. The van der Waals surface area contributed by atoms with E-state index in [0.29, 0.717) is 18.7 Å². The minimum absolute atomic E-state index is 0.0337. The Bertz CT molecular complexity index is 1120. The van der Waals surface area contributed by atoms with Crippen LogP contribution in [0.2, 0.25) is 0 Å². The van der Waals surface area contributed by atoms with Gasteiger partial charge in [-0.3, -0.25) is 4.79 Å². The lowest BCUT2D eigenvalue weighted by Crippen LogP contribution is -2.49. The van der Waals surface area contributed by atoms with E-state index in [0.717, 1.165) is 55.2 Å². The number of carbonyl (C=O) groups excluding carboxylic acids is 1. The zero-order chi connectivity index (χ0) is 22.1. The minimum Gasteiger partial charge on any atom is -0.352 e. The molecule has 32 heavy (non-hydrogen) atoms. The lowest BCUT2D eigenvalue weighted by Gasteiger charge is -2.36. The highest BCUT2D eigenvalue weighted by atomic mass is 32.1. The van der Waals surface area contributed by atoms with E-state index in [2.05, 4.69) is 11.8 Å². The van der Waals surface area contributed by atoms with E-state index in [9.17, 15) is 9.18 Å². The van der Waals surface area contributed by atoms with Gasteiger partial charge in [0.25, 0.3) is 5.91 Å². The van der Waals surface area contributed by atoms with Crippen molar-refractivity contribution in [2.75, 3.05) is 31.1 Å². The number of aromatic nitrogens is 2. The van der Waals surface area contributed by atoms with Crippen LogP contribution in [0.5, 0.6) is 0 Å². The second-order valence-electron chi connectivity index (χ2n) is 8.74. The number of piperazine rings is 1. The van der Waals surface area contributed by atoms with Crippen LogP contribution in [0, 0.1) is 5.82 Å². The van der Waals surface area contributed by atoms with Gasteiger partial charge in [-0.25, -0.2) is 14.4 Å². The molecule has 0 saturated carbocycles. The highest BCUT2D eigenvalue weighted by Gasteiger charge is 2.27. The van der Waals surface area contributed by atoms with Crippen LogP contribution in [0.15, 0.2) is 24.3 Å². The van der Waals surface area contributed by atoms with Gasteiger partial charge in [0, 0.05) is 43.0 Å². The molecule has 0 radical (unpaired) electrons. The average Bonchev–Trinajstić information content (AvgIpc) is 2.99. The van der Waals surface area contributed by atoms with Crippen LogP contribution in [0.1, 0.15) is 59.2 Å². The average molecular weight is 453 g/mol. The predicted molar refractivity (Wildman–Crippen MR) is 127 cm³/mol. The molecule has 0 bridgehead atoms. The first-order chi connectivity index (χ1) is 15.6. The fourth-order valence-corrected chi connectivity index (χ4v) is 6.09. The van der Waals surface area contributed by atoms with Crippen LogP contribution in [0.4, 0.5) is 10.2 Å². The number of carbonyl (C=O) groups is 1. The third-order valence-electron chi connectivity index (χ3n) is 6.52. The fourth-order valence-electron chi connectivity index (χ4n) is 4.82. The maximum atomic E-state index is 13.2. The van der Waals surface area contributed by atoms with Crippen molar-refractivity contribution in [1.82, 2.24) is 14.9 Å². The summed E-state index contributed by atoms with van der Waals surface area (Å²) in [6, 6.07) is 5.82. The highest BCUT2D eigenvalue weighted by Crippen LogP contribution is 2.39. The Morgan fingerprint density at radius 1 is 1.03 bits per heavy atom. The Morgan fingerprint density at radius 2 is 1.78 bits per heavy atom. The summed E-state index contributed by atoms with van der Waals surface area (Å²) in [6.07, 6.45) is 7.95. The molecule has 5 rings (SSSR count). The van der Waals surface area contributed by atoms with Crippen molar-refractivity contribution in [1.29, 1.82) is 0 Å². The summed E-state index contributed by atoms with van der Waals surface area (Å²) in [4.78, 5) is 29.7. The van der Waals surface area contributed by atoms with Gasteiger partial charge in [-0.05, 0) is 61.9 Å². The minimum atomic E-state index is -0.322. The Morgan fingerprint density at radius 3 is 2.53 bits per heavy atom. The molecule has 3 aromatic rings. The Labute approximate surface area is 192 Å². The molecule has 168 valence electrons. The number of amides is 1. The van der Waals surface area contributed by atoms with E-state index in [-0.39, 0.29) is 11.7 Å². The quantitative estimate of drug-likeness (QED) is 0.522. The molecule has 2 aromatic heterocycles. The zero-order valence-electron chi connectivity index (χ0n) is 18.6. The van der Waals surface area contributed by atoms with Crippen molar-refractivity contribution in [2.45, 2.75) is 51.9 Å². The molecule has 1 aliphatic heterocycles. The molecule has 5 nitrogen and oxygen atoms in total. The van der Waals surface area contributed by atoms with E-state index >= 15 is 0 Å². The number of fused-ring (bicyclic) bond motifs is 3. The number of anilines is 1. The van der Waals surface area contributed by atoms with Crippen molar-refractivity contribution in [3.63, 3.8) is 0 Å². The molecule has 0 atom stereocenters. The molecular formula is C25H29FN4OS. The van der Waals surface area contributed by atoms with Gasteiger partial charge in [-0.2, -0.15) is 0 Å². The van der Waals surface area contributed by atoms with Crippen LogP contribution in [-0.2, 0) is 19.3 Å². The van der Waals surface area contributed by atoms with Gasteiger partial charge in [-0.15, -0.1) is 11.3 Å². The van der Waals surface area contributed by atoms with Crippen LogP contribution in [0.25, 0.3) is 10.2 Å². The topological polar surface area (TPSA) is 49.3 Å². The first-order valence-corrected chi connectivity index (χ1v) is 12.6. The number of rotatable bonds is 4. The molecule has 3 heterocycles. The zero-order valence-corrected chi connectivity index (χ0v) is 19.4. The molecule has 7 heteroatoms. The van der Waals surface area contributed by atoms with Crippen LogP contribution in [-0.4, -0.2) is 47.0 Å². The monoisotopic (exact) mass is 452 g/mol. The summed E-state index contributed by atoms with van der Waals surface area (Å²) in [5.41, 5.74) is 2.00. The number of nitrogens with zero attached hydrogens (tertiary/aromatic N) is 4. The predicted octanol–water partition coefficient (Wildman–Crippen LogP) is 5.01. The molecule has 1 aromatic carbocycles. The summed E-state index contributed by atoms with van der Waals surface area (Å²) < 4.78 is 13.2. The van der Waals surface area contributed by atoms with Crippen molar-refractivity contribution in [3.8, 4) is 0 Å². The molecule has 1 fully saturated rings. The first-order valence-electron chi connectivity index (χ1n) is 11.7. The van der Waals surface area contributed by atoms with Gasteiger partial charge in [0.05, 0.1) is 5.39 Å². The summed E-state index contributed by atoms with van der Waals surface area (Å²) >= 11 is 1.86. The van der Waals surface area contributed by atoms with E-state index in [1.165, 1.54) is 47.2 Å². The largest absolute Gasteiger partial charge is 0.352 e. The van der Waals surface area contributed by atoms with Crippen molar-refractivity contribution in [2.24, 2.45) is 0 Å². The second kappa shape index (κ2) is 9.14. The maximum Gasteiger partial charge on any atom is 0.253 e.